The largest absolute Gasteiger partial charge is 0.493 e. The molecule has 5 nitrogen and oxygen atoms in total. The Balaban J connectivity index is 2.28. The number of hydrogen-bond acceptors (Lipinski definition) is 5. The quantitative estimate of drug-likeness (QED) is 0.870. The first-order valence-electron chi connectivity index (χ1n) is 5.58. The third-order valence-electron chi connectivity index (χ3n) is 2.87. The molecule has 0 saturated carbocycles. The summed E-state index contributed by atoms with van der Waals surface area (Å²) in [4.78, 5) is 11.0. The van der Waals surface area contributed by atoms with Crippen molar-refractivity contribution in [3.63, 3.8) is 0 Å². The number of hydrogen-bond donors (Lipinski definition) is 2. The van der Waals surface area contributed by atoms with Crippen molar-refractivity contribution < 1.29 is 19.4 Å². The van der Waals surface area contributed by atoms with E-state index in [9.17, 15) is 4.79 Å². The molecule has 0 spiro atoms. The highest BCUT2D eigenvalue weighted by molar-refractivity contribution is 9.10. The second-order valence-electron chi connectivity index (χ2n) is 4.00. The summed E-state index contributed by atoms with van der Waals surface area (Å²) in [5.74, 6) is 0.977. The smallest absolute Gasteiger partial charge is 0.321 e. The van der Waals surface area contributed by atoms with Gasteiger partial charge in [0.2, 0.25) is 0 Å². The number of aliphatic carboxylic acids is 1. The molecule has 1 heterocycles. The van der Waals surface area contributed by atoms with Crippen LogP contribution in [0.1, 0.15) is 10.9 Å². The molecular weight excluding hydrogens is 334 g/mol. The van der Waals surface area contributed by atoms with E-state index in [2.05, 4.69) is 21.2 Å². The molecule has 0 bridgehead atoms. The average molecular weight is 348 g/mol. The van der Waals surface area contributed by atoms with E-state index < -0.39 is 12.0 Å². The summed E-state index contributed by atoms with van der Waals surface area (Å²) < 4.78 is 11.3. The number of thioether (sulfide) groups is 1. The van der Waals surface area contributed by atoms with Gasteiger partial charge in [-0.3, -0.25) is 10.1 Å². The van der Waals surface area contributed by atoms with Crippen molar-refractivity contribution in [2.24, 2.45) is 0 Å². The lowest BCUT2D eigenvalue weighted by Crippen LogP contribution is -2.33. The van der Waals surface area contributed by atoms with Gasteiger partial charge in [-0.1, -0.05) is 15.9 Å². The zero-order valence-electron chi connectivity index (χ0n) is 10.5. The van der Waals surface area contributed by atoms with Crippen LogP contribution in [-0.4, -0.2) is 37.1 Å². The van der Waals surface area contributed by atoms with Crippen LogP contribution in [0.4, 0.5) is 0 Å². The summed E-state index contributed by atoms with van der Waals surface area (Å²) in [7, 11) is 3.15. The highest BCUT2D eigenvalue weighted by Gasteiger charge is 2.31. The van der Waals surface area contributed by atoms with Crippen LogP contribution in [0.3, 0.4) is 0 Å². The van der Waals surface area contributed by atoms with Crippen molar-refractivity contribution in [3.8, 4) is 11.5 Å². The Morgan fingerprint density at radius 1 is 1.42 bits per heavy atom. The van der Waals surface area contributed by atoms with Gasteiger partial charge in [0, 0.05) is 10.2 Å². The lowest BCUT2D eigenvalue weighted by molar-refractivity contribution is -0.138. The number of carboxylic acid groups (broad SMARTS) is 1. The molecule has 2 unspecified atom stereocenters. The predicted octanol–water partition coefficient (Wildman–Crippen LogP) is 2.25. The Kier molecular flexibility index (Phi) is 4.59. The summed E-state index contributed by atoms with van der Waals surface area (Å²) in [6.07, 6.45) is 0. The summed E-state index contributed by atoms with van der Waals surface area (Å²) in [6.45, 7) is 0. The molecule has 1 fully saturated rings. The van der Waals surface area contributed by atoms with Gasteiger partial charge in [0.05, 0.1) is 19.6 Å². The fourth-order valence-electron chi connectivity index (χ4n) is 1.86. The molecule has 19 heavy (non-hydrogen) atoms. The molecule has 1 aromatic rings. The van der Waals surface area contributed by atoms with Crippen LogP contribution in [0.25, 0.3) is 0 Å². The Morgan fingerprint density at radius 2 is 2.05 bits per heavy atom. The molecule has 1 saturated heterocycles. The molecule has 1 aliphatic rings. The number of rotatable bonds is 4. The molecule has 2 atom stereocenters. The number of carboxylic acids is 1. The van der Waals surface area contributed by atoms with Gasteiger partial charge in [-0.15, -0.1) is 11.8 Å². The van der Waals surface area contributed by atoms with Crippen molar-refractivity contribution in [1.82, 2.24) is 5.32 Å². The Labute approximate surface area is 123 Å². The standard InChI is InChI=1S/C12H14BrNO4S/c1-17-9-3-6(7(13)4-10(9)18-2)11-14-8(5-19-11)12(15)16/h3-4,8,11,14H,5H2,1-2H3,(H,15,16). The van der Waals surface area contributed by atoms with Gasteiger partial charge >= 0.3 is 5.97 Å². The van der Waals surface area contributed by atoms with E-state index >= 15 is 0 Å². The number of nitrogens with one attached hydrogen (secondary N) is 1. The minimum Gasteiger partial charge on any atom is -0.493 e. The second kappa shape index (κ2) is 6.02. The van der Waals surface area contributed by atoms with Crippen LogP contribution in [-0.2, 0) is 4.79 Å². The highest BCUT2D eigenvalue weighted by Crippen LogP contribution is 2.41. The van der Waals surface area contributed by atoms with Crippen molar-refractivity contribution >= 4 is 33.7 Å². The molecule has 104 valence electrons. The van der Waals surface area contributed by atoms with E-state index in [4.69, 9.17) is 14.6 Å². The van der Waals surface area contributed by atoms with E-state index in [1.54, 1.807) is 26.0 Å². The van der Waals surface area contributed by atoms with Gasteiger partial charge in [0.1, 0.15) is 6.04 Å². The number of ether oxygens (including phenoxy) is 2. The number of methoxy groups -OCH3 is 2. The van der Waals surface area contributed by atoms with E-state index in [0.29, 0.717) is 17.3 Å². The van der Waals surface area contributed by atoms with Crippen LogP contribution in [0, 0.1) is 0 Å². The predicted molar refractivity (Wildman–Crippen MR) is 77.0 cm³/mol. The van der Waals surface area contributed by atoms with Gasteiger partial charge in [-0.25, -0.2) is 0 Å². The zero-order valence-corrected chi connectivity index (χ0v) is 12.9. The third kappa shape index (κ3) is 2.98. The summed E-state index contributed by atoms with van der Waals surface area (Å²) >= 11 is 5.04. The first kappa shape index (κ1) is 14.5. The minimum absolute atomic E-state index is 0.0738. The van der Waals surface area contributed by atoms with Gasteiger partial charge in [-0.2, -0.15) is 0 Å². The third-order valence-corrected chi connectivity index (χ3v) is 4.80. The Hall–Kier alpha value is -0.920. The lowest BCUT2D eigenvalue weighted by atomic mass is 10.2. The van der Waals surface area contributed by atoms with E-state index in [-0.39, 0.29) is 5.37 Å². The molecule has 1 aliphatic heterocycles. The maximum atomic E-state index is 11.0. The van der Waals surface area contributed by atoms with Gasteiger partial charge in [0.15, 0.2) is 11.5 Å². The maximum Gasteiger partial charge on any atom is 0.321 e. The van der Waals surface area contributed by atoms with E-state index in [1.165, 1.54) is 0 Å². The normalized spacial score (nSPS) is 22.3. The molecule has 0 aliphatic carbocycles. The van der Waals surface area contributed by atoms with Crippen LogP contribution in [0.2, 0.25) is 0 Å². The van der Waals surface area contributed by atoms with Crippen LogP contribution >= 0.6 is 27.7 Å². The van der Waals surface area contributed by atoms with Gasteiger partial charge < -0.3 is 14.6 Å². The van der Waals surface area contributed by atoms with E-state index in [1.807, 2.05) is 12.1 Å². The molecule has 7 heteroatoms. The second-order valence-corrected chi connectivity index (χ2v) is 5.99. The summed E-state index contributed by atoms with van der Waals surface area (Å²) in [6, 6.07) is 3.16. The summed E-state index contributed by atoms with van der Waals surface area (Å²) in [5.41, 5.74) is 0.950. The topological polar surface area (TPSA) is 67.8 Å². The van der Waals surface area contributed by atoms with Gasteiger partial charge in [0.25, 0.3) is 0 Å². The van der Waals surface area contributed by atoms with Crippen LogP contribution in [0.5, 0.6) is 11.5 Å². The number of halogens is 1. The first-order chi connectivity index (χ1) is 9.06. The van der Waals surface area contributed by atoms with Crippen molar-refractivity contribution in [1.29, 1.82) is 0 Å². The Morgan fingerprint density at radius 3 is 2.58 bits per heavy atom. The molecule has 0 amide bonds. The van der Waals surface area contributed by atoms with Crippen LogP contribution in [0.15, 0.2) is 16.6 Å². The highest BCUT2D eigenvalue weighted by atomic mass is 79.9. The average Bonchev–Trinajstić information content (AvgIpc) is 2.87. The van der Waals surface area contributed by atoms with Gasteiger partial charge in [-0.05, 0) is 17.7 Å². The molecule has 2 N–H and O–H groups in total. The van der Waals surface area contributed by atoms with Crippen molar-refractivity contribution in [3.05, 3.63) is 22.2 Å². The monoisotopic (exact) mass is 347 g/mol. The molecular formula is C12H14BrNO4S. The van der Waals surface area contributed by atoms with Crippen molar-refractivity contribution in [2.75, 3.05) is 20.0 Å². The Bertz CT molecular complexity index is 497. The SMILES string of the molecule is COc1cc(Br)c(C2NC(C(=O)O)CS2)cc1OC. The lowest BCUT2D eigenvalue weighted by Gasteiger charge is -2.16. The minimum atomic E-state index is -0.827. The van der Waals surface area contributed by atoms with E-state index in [0.717, 1.165) is 10.0 Å². The maximum absolute atomic E-state index is 11.0. The fraction of sp³-hybridized carbons (Fsp3) is 0.417. The molecule has 0 aromatic heterocycles. The first-order valence-corrected chi connectivity index (χ1v) is 7.43. The zero-order chi connectivity index (χ0) is 14.0. The number of benzene rings is 1. The fourth-order valence-corrected chi connectivity index (χ4v) is 3.83. The van der Waals surface area contributed by atoms with Crippen LogP contribution < -0.4 is 14.8 Å². The number of carbonyl (C=O) groups is 1. The summed E-state index contributed by atoms with van der Waals surface area (Å²) in [5, 5.41) is 12.0. The molecule has 2 rings (SSSR count). The van der Waals surface area contributed by atoms with Crippen molar-refractivity contribution in [2.45, 2.75) is 11.4 Å². The molecule has 1 aromatic carbocycles. The molecule has 0 radical (unpaired) electrons.